The van der Waals surface area contributed by atoms with Crippen LogP contribution in [0.3, 0.4) is 0 Å². The minimum atomic E-state index is 0.888. The van der Waals surface area contributed by atoms with Crippen molar-refractivity contribution >= 4 is 18.3 Å². The van der Waals surface area contributed by atoms with Crippen molar-refractivity contribution in [2.75, 3.05) is 50.4 Å². The maximum absolute atomic E-state index is 4.19. The monoisotopic (exact) mass is 265 g/mol. The van der Waals surface area contributed by atoms with Crippen molar-refractivity contribution < 1.29 is 0 Å². The average Bonchev–Trinajstić information content (AvgIpc) is 2.41. The van der Waals surface area contributed by atoms with Crippen molar-refractivity contribution in [3.05, 3.63) is 29.8 Å². The van der Waals surface area contributed by atoms with Gasteiger partial charge in [0.25, 0.3) is 0 Å². The van der Waals surface area contributed by atoms with Crippen molar-refractivity contribution in [2.24, 2.45) is 0 Å². The van der Waals surface area contributed by atoms with Crippen molar-refractivity contribution in [1.82, 2.24) is 10.2 Å². The van der Waals surface area contributed by atoms with E-state index in [1.807, 2.05) is 0 Å². The predicted molar refractivity (Wildman–Crippen MR) is 81.7 cm³/mol. The van der Waals surface area contributed by atoms with Crippen LogP contribution in [0.15, 0.2) is 24.3 Å². The second-order valence-corrected chi connectivity index (χ2v) is 5.30. The van der Waals surface area contributed by atoms with Crippen LogP contribution in [0.25, 0.3) is 0 Å². The van der Waals surface area contributed by atoms with Gasteiger partial charge < -0.3 is 15.1 Å². The number of likely N-dealkylation sites (N-methyl/N-ethyl adjacent to an activating group) is 1. The Morgan fingerprint density at radius 3 is 2.39 bits per heavy atom. The van der Waals surface area contributed by atoms with Crippen molar-refractivity contribution in [3.8, 4) is 0 Å². The van der Waals surface area contributed by atoms with Crippen LogP contribution in [0.5, 0.6) is 0 Å². The zero-order valence-corrected chi connectivity index (χ0v) is 12.0. The van der Waals surface area contributed by atoms with Crippen LogP contribution in [0.4, 0.5) is 5.69 Å². The lowest BCUT2D eigenvalue weighted by molar-refractivity contribution is 0.313. The molecule has 0 bridgehead atoms. The second kappa shape index (κ2) is 7.02. The van der Waals surface area contributed by atoms with Crippen LogP contribution in [0.2, 0.25) is 0 Å². The van der Waals surface area contributed by atoms with Gasteiger partial charge in [0.05, 0.1) is 0 Å². The van der Waals surface area contributed by atoms with Crippen LogP contribution in [-0.4, -0.2) is 50.4 Å². The molecule has 1 saturated heterocycles. The number of rotatable bonds is 5. The van der Waals surface area contributed by atoms with Gasteiger partial charge in [0, 0.05) is 50.7 Å². The Morgan fingerprint density at radius 2 is 1.78 bits per heavy atom. The lowest BCUT2D eigenvalue weighted by Crippen LogP contribution is -2.44. The highest BCUT2D eigenvalue weighted by Crippen LogP contribution is 2.16. The van der Waals surface area contributed by atoms with Gasteiger partial charge in [-0.2, -0.15) is 12.6 Å². The summed E-state index contributed by atoms with van der Waals surface area (Å²) in [4.78, 5) is 4.84. The van der Waals surface area contributed by atoms with Crippen LogP contribution >= 0.6 is 12.6 Å². The van der Waals surface area contributed by atoms with Gasteiger partial charge in [-0.05, 0) is 24.7 Å². The molecule has 18 heavy (non-hydrogen) atoms. The summed E-state index contributed by atoms with van der Waals surface area (Å²) in [5, 5.41) is 3.36. The molecule has 0 aliphatic carbocycles. The highest BCUT2D eigenvalue weighted by Gasteiger charge is 2.13. The third-order valence-corrected chi connectivity index (χ3v) is 3.65. The Balaban J connectivity index is 1.87. The van der Waals surface area contributed by atoms with Gasteiger partial charge in [-0.25, -0.2) is 0 Å². The van der Waals surface area contributed by atoms with Crippen molar-refractivity contribution in [1.29, 1.82) is 0 Å². The number of hydrogen-bond acceptors (Lipinski definition) is 4. The lowest BCUT2D eigenvalue weighted by Gasteiger charge is -2.34. The van der Waals surface area contributed by atoms with Crippen LogP contribution < -0.4 is 10.2 Å². The molecule has 0 saturated carbocycles. The molecule has 1 fully saturated rings. The molecule has 0 atom stereocenters. The van der Waals surface area contributed by atoms with Gasteiger partial charge in [0.2, 0.25) is 0 Å². The number of nitrogens with one attached hydrogen (secondary N) is 1. The van der Waals surface area contributed by atoms with E-state index < -0.39 is 0 Å². The molecule has 1 aromatic rings. The van der Waals surface area contributed by atoms with Gasteiger partial charge in [-0.1, -0.05) is 12.1 Å². The summed E-state index contributed by atoms with van der Waals surface area (Å²) in [6.07, 6.45) is 0. The summed E-state index contributed by atoms with van der Waals surface area (Å²) < 4.78 is 0. The molecule has 0 aromatic heterocycles. The number of piperazine rings is 1. The molecule has 0 spiro atoms. The quantitative estimate of drug-likeness (QED) is 0.621. The molecule has 3 nitrogen and oxygen atoms in total. The van der Waals surface area contributed by atoms with Crippen molar-refractivity contribution in [2.45, 2.75) is 6.54 Å². The van der Waals surface area contributed by atoms with E-state index in [0.717, 1.165) is 45.0 Å². The third-order valence-electron chi connectivity index (χ3n) is 3.42. The van der Waals surface area contributed by atoms with Gasteiger partial charge in [-0.15, -0.1) is 0 Å². The van der Waals surface area contributed by atoms with E-state index in [4.69, 9.17) is 0 Å². The van der Waals surface area contributed by atoms with Crippen molar-refractivity contribution in [3.63, 3.8) is 0 Å². The SMILES string of the molecule is CN1CCN(c2ccc(CNCCS)cc2)CC1. The van der Waals surface area contributed by atoms with E-state index in [1.54, 1.807) is 0 Å². The standard InChI is InChI=1S/C14H23N3S/c1-16-7-9-17(10-8-16)14-4-2-13(3-5-14)12-15-6-11-18/h2-5,15,18H,6-12H2,1H3. The molecule has 1 heterocycles. The zero-order chi connectivity index (χ0) is 12.8. The first-order valence-electron chi connectivity index (χ1n) is 6.63. The first-order chi connectivity index (χ1) is 8.79. The summed E-state index contributed by atoms with van der Waals surface area (Å²) >= 11 is 4.19. The van der Waals surface area contributed by atoms with Gasteiger partial charge in [0.15, 0.2) is 0 Å². The van der Waals surface area contributed by atoms with Crippen LogP contribution in [0, 0.1) is 0 Å². The first kappa shape index (κ1) is 13.7. The first-order valence-corrected chi connectivity index (χ1v) is 7.27. The number of nitrogens with zero attached hydrogens (tertiary/aromatic N) is 2. The van der Waals surface area contributed by atoms with E-state index in [2.05, 4.69) is 59.1 Å². The Hall–Kier alpha value is -0.710. The largest absolute Gasteiger partial charge is 0.369 e. The van der Waals surface area contributed by atoms with E-state index >= 15 is 0 Å². The molecular formula is C14H23N3S. The topological polar surface area (TPSA) is 18.5 Å². The number of anilines is 1. The molecule has 0 unspecified atom stereocenters. The van der Waals surface area contributed by atoms with Crippen LogP contribution in [0.1, 0.15) is 5.56 Å². The zero-order valence-electron chi connectivity index (χ0n) is 11.1. The van der Waals surface area contributed by atoms with Gasteiger partial charge in [-0.3, -0.25) is 0 Å². The molecule has 1 aromatic carbocycles. The minimum absolute atomic E-state index is 0.888. The highest BCUT2D eigenvalue weighted by atomic mass is 32.1. The minimum Gasteiger partial charge on any atom is -0.369 e. The molecular weight excluding hydrogens is 242 g/mol. The maximum atomic E-state index is 4.19. The molecule has 2 rings (SSSR count). The third kappa shape index (κ3) is 3.90. The molecule has 1 N–H and O–H groups in total. The molecule has 100 valence electrons. The van der Waals surface area contributed by atoms with Gasteiger partial charge >= 0.3 is 0 Å². The Morgan fingerprint density at radius 1 is 1.11 bits per heavy atom. The number of hydrogen-bond donors (Lipinski definition) is 2. The Labute approximate surface area is 116 Å². The predicted octanol–water partition coefficient (Wildman–Crippen LogP) is 1.46. The Kier molecular flexibility index (Phi) is 5.35. The number of thiol groups is 1. The van der Waals surface area contributed by atoms with Crippen LogP contribution in [-0.2, 0) is 6.54 Å². The normalized spacial score (nSPS) is 17.1. The smallest absolute Gasteiger partial charge is 0.0367 e. The molecule has 1 aliphatic heterocycles. The maximum Gasteiger partial charge on any atom is 0.0367 e. The van der Waals surface area contributed by atoms with Gasteiger partial charge in [0.1, 0.15) is 0 Å². The fraction of sp³-hybridized carbons (Fsp3) is 0.571. The Bertz CT molecular complexity index is 345. The molecule has 0 amide bonds. The summed E-state index contributed by atoms with van der Waals surface area (Å²) in [6.45, 7) is 6.48. The summed E-state index contributed by atoms with van der Waals surface area (Å²) in [7, 11) is 2.19. The summed E-state index contributed by atoms with van der Waals surface area (Å²) in [6, 6.07) is 8.92. The average molecular weight is 265 g/mol. The fourth-order valence-electron chi connectivity index (χ4n) is 2.20. The highest BCUT2D eigenvalue weighted by molar-refractivity contribution is 7.80. The molecule has 1 aliphatic rings. The molecule has 4 heteroatoms. The summed E-state index contributed by atoms with van der Waals surface area (Å²) in [5.74, 6) is 0.888. The second-order valence-electron chi connectivity index (χ2n) is 4.86. The van der Waals surface area contributed by atoms with E-state index in [9.17, 15) is 0 Å². The lowest BCUT2D eigenvalue weighted by atomic mass is 10.2. The summed E-state index contributed by atoms with van der Waals surface area (Å²) in [5.41, 5.74) is 2.69. The number of benzene rings is 1. The fourth-order valence-corrected chi connectivity index (χ4v) is 2.36. The van der Waals surface area contributed by atoms with E-state index in [0.29, 0.717) is 0 Å². The molecule has 0 radical (unpaired) electrons. The van der Waals surface area contributed by atoms with E-state index in [-0.39, 0.29) is 0 Å². The van der Waals surface area contributed by atoms with E-state index in [1.165, 1.54) is 11.3 Å².